The zero-order valence-corrected chi connectivity index (χ0v) is 6.80. The van der Waals surface area contributed by atoms with Crippen LogP contribution in [0.15, 0.2) is 11.6 Å². The van der Waals surface area contributed by atoms with Crippen LogP contribution in [0.3, 0.4) is 0 Å². The maximum atomic E-state index is 9.23. The van der Waals surface area contributed by atoms with Crippen LogP contribution in [0.25, 0.3) is 0 Å². The summed E-state index contributed by atoms with van der Waals surface area (Å²) >= 11 is 0. The molecule has 1 aliphatic carbocycles. The Morgan fingerprint density at radius 2 is 2.40 bits per heavy atom. The van der Waals surface area contributed by atoms with Gasteiger partial charge in [-0.05, 0) is 39.0 Å². The van der Waals surface area contributed by atoms with E-state index in [1.165, 1.54) is 18.4 Å². The summed E-state index contributed by atoms with van der Waals surface area (Å²) in [6.45, 7) is 4.05. The zero-order valence-electron chi connectivity index (χ0n) is 6.80. The largest absolute Gasteiger partial charge is 0.393 e. The van der Waals surface area contributed by atoms with Crippen molar-refractivity contribution < 1.29 is 5.11 Å². The molecule has 1 nitrogen and oxygen atoms in total. The molecule has 0 amide bonds. The lowest BCUT2D eigenvalue weighted by atomic mass is 9.87. The number of rotatable bonds is 1. The first-order valence-electron chi connectivity index (χ1n) is 4.04. The van der Waals surface area contributed by atoms with Gasteiger partial charge in [0, 0.05) is 0 Å². The molecular weight excluding hydrogens is 124 g/mol. The van der Waals surface area contributed by atoms with E-state index >= 15 is 0 Å². The number of hydrogen-bond acceptors (Lipinski definition) is 1. The van der Waals surface area contributed by atoms with Crippen LogP contribution in [0, 0.1) is 5.92 Å². The van der Waals surface area contributed by atoms with Crippen LogP contribution in [0.1, 0.15) is 33.1 Å². The predicted molar refractivity (Wildman–Crippen MR) is 42.8 cm³/mol. The Hall–Kier alpha value is -0.300. The van der Waals surface area contributed by atoms with Gasteiger partial charge in [-0.25, -0.2) is 0 Å². The molecule has 0 saturated carbocycles. The average molecular weight is 140 g/mol. The fraction of sp³-hybridized carbons (Fsp3) is 0.778. The fourth-order valence-corrected chi connectivity index (χ4v) is 1.42. The zero-order chi connectivity index (χ0) is 7.56. The second kappa shape index (κ2) is 3.20. The number of hydrogen-bond donors (Lipinski definition) is 1. The van der Waals surface area contributed by atoms with Gasteiger partial charge in [-0.2, -0.15) is 0 Å². The summed E-state index contributed by atoms with van der Waals surface area (Å²) in [5.74, 6) is 0.517. The number of aliphatic hydroxyl groups is 1. The molecule has 0 spiro atoms. The quantitative estimate of drug-likeness (QED) is 0.553. The lowest BCUT2D eigenvalue weighted by molar-refractivity contribution is 0.119. The monoisotopic (exact) mass is 140 g/mol. The van der Waals surface area contributed by atoms with E-state index in [9.17, 15) is 5.11 Å². The van der Waals surface area contributed by atoms with E-state index in [1.807, 2.05) is 6.92 Å². The summed E-state index contributed by atoms with van der Waals surface area (Å²) in [4.78, 5) is 0. The lowest BCUT2D eigenvalue weighted by Gasteiger charge is -2.22. The Morgan fingerprint density at radius 3 is 2.80 bits per heavy atom. The molecule has 1 heteroatoms. The minimum Gasteiger partial charge on any atom is -0.393 e. The van der Waals surface area contributed by atoms with Gasteiger partial charge in [-0.3, -0.25) is 0 Å². The Balaban J connectivity index is 2.42. The van der Waals surface area contributed by atoms with E-state index in [1.54, 1.807) is 0 Å². The first-order valence-corrected chi connectivity index (χ1v) is 4.04. The third kappa shape index (κ3) is 1.84. The highest BCUT2D eigenvalue weighted by molar-refractivity contribution is 5.03. The van der Waals surface area contributed by atoms with Crippen molar-refractivity contribution in [3.05, 3.63) is 11.6 Å². The maximum absolute atomic E-state index is 9.23. The average Bonchev–Trinajstić information content (AvgIpc) is 1.88. The molecule has 0 unspecified atom stereocenters. The summed E-state index contributed by atoms with van der Waals surface area (Å²) < 4.78 is 0. The normalized spacial score (nSPS) is 29.5. The van der Waals surface area contributed by atoms with E-state index in [0.29, 0.717) is 5.92 Å². The van der Waals surface area contributed by atoms with Crippen molar-refractivity contribution in [2.24, 2.45) is 5.92 Å². The van der Waals surface area contributed by atoms with Crippen molar-refractivity contribution in [1.82, 2.24) is 0 Å². The summed E-state index contributed by atoms with van der Waals surface area (Å²) in [5, 5.41) is 9.23. The van der Waals surface area contributed by atoms with Crippen LogP contribution in [-0.4, -0.2) is 11.2 Å². The Kier molecular flexibility index (Phi) is 2.50. The topological polar surface area (TPSA) is 20.2 Å². The molecule has 0 aromatic heterocycles. The van der Waals surface area contributed by atoms with Crippen molar-refractivity contribution in [3.8, 4) is 0 Å². The van der Waals surface area contributed by atoms with Gasteiger partial charge in [0.05, 0.1) is 6.10 Å². The van der Waals surface area contributed by atoms with Gasteiger partial charge >= 0.3 is 0 Å². The van der Waals surface area contributed by atoms with E-state index in [2.05, 4.69) is 13.0 Å². The second-order valence-corrected chi connectivity index (χ2v) is 3.33. The van der Waals surface area contributed by atoms with Gasteiger partial charge in [0.15, 0.2) is 0 Å². The molecule has 0 heterocycles. The first-order chi connectivity index (χ1) is 4.70. The molecule has 1 rings (SSSR count). The fourth-order valence-electron chi connectivity index (χ4n) is 1.42. The van der Waals surface area contributed by atoms with Gasteiger partial charge in [-0.1, -0.05) is 11.6 Å². The van der Waals surface area contributed by atoms with Crippen molar-refractivity contribution in [3.63, 3.8) is 0 Å². The highest BCUT2D eigenvalue weighted by Gasteiger charge is 2.16. The Labute approximate surface area is 62.8 Å². The third-order valence-electron chi connectivity index (χ3n) is 2.36. The number of aliphatic hydroxyl groups excluding tert-OH is 1. The molecule has 2 atom stereocenters. The minimum absolute atomic E-state index is 0.121. The van der Waals surface area contributed by atoms with Gasteiger partial charge in [-0.15, -0.1) is 0 Å². The van der Waals surface area contributed by atoms with Crippen LogP contribution in [0.5, 0.6) is 0 Å². The molecule has 0 radical (unpaired) electrons. The second-order valence-electron chi connectivity index (χ2n) is 3.33. The van der Waals surface area contributed by atoms with E-state index in [4.69, 9.17) is 0 Å². The van der Waals surface area contributed by atoms with Gasteiger partial charge in [0.25, 0.3) is 0 Å². The predicted octanol–water partition coefficient (Wildman–Crippen LogP) is 2.11. The molecule has 1 aliphatic rings. The highest BCUT2D eigenvalue weighted by atomic mass is 16.3. The summed E-state index contributed by atoms with van der Waals surface area (Å²) in [5.41, 5.74) is 1.48. The Bertz CT molecular complexity index is 136. The van der Waals surface area contributed by atoms with Gasteiger partial charge in [0.2, 0.25) is 0 Å². The van der Waals surface area contributed by atoms with Crippen molar-refractivity contribution in [2.45, 2.75) is 39.2 Å². The van der Waals surface area contributed by atoms with Crippen LogP contribution < -0.4 is 0 Å². The molecule has 0 aromatic carbocycles. The molecule has 0 aliphatic heterocycles. The molecular formula is C9H16O. The molecule has 0 fully saturated rings. The van der Waals surface area contributed by atoms with E-state index in [-0.39, 0.29) is 6.10 Å². The summed E-state index contributed by atoms with van der Waals surface area (Å²) in [6, 6.07) is 0. The van der Waals surface area contributed by atoms with Crippen LogP contribution in [0.4, 0.5) is 0 Å². The summed E-state index contributed by atoms with van der Waals surface area (Å²) in [7, 11) is 0. The summed E-state index contributed by atoms with van der Waals surface area (Å²) in [6.07, 6.45) is 5.55. The molecule has 0 bridgehead atoms. The highest BCUT2D eigenvalue weighted by Crippen LogP contribution is 2.25. The Morgan fingerprint density at radius 1 is 1.70 bits per heavy atom. The van der Waals surface area contributed by atoms with Crippen LogP contribution in [-0.2, 0) is 0 Å². The molecule has 0 aromatic rings. The van der Waals surface area contributed by atoms with Crippen molar-refractivity contribution in [1.29, 1.82) is 0 Å². The van der Waals surface area contributed by atoms with Crippen LogP contribution in [0.2, 0.25) is 0 Å². The maximum Gasteiger partial charge on any atom is 0.0543 e. The molecule has 1 N–H and O–H groups in total. The SMILES string of the molecule is CC1=CC[C@H]([C@@H](C)O)CC1. The molecule has 58 valence electrons. The third-order valence-corrected chi connectivity index (χ3v) is 2.36. The van der Waals surface area contributed by atoms with Gasteiger partial charge < -0.3 is 5.11 Å². The smallest absolute Gasteiger partial charge is 0.0543 e. The van der Waals surface area contributed by atoms with Gasteiger partial charge in [0.1, 0.15) is 0 Å². The standard InChI is InChI=1S/C9H16O/c1-7-3-5-9(6-4-7)8(2)10/h3,8-10H,4-6H2,1-2H3/t8-,9+/m1/s1. The van der Waals surface area contributed by atoms with Crippen LogP contribution >= 0.6 is 0 Å². The van der Waals surface area contributed by atoms with E-state index < -0.39 is 0 Å². The molecule has 10 heavy (non-hydrogen) atoms. The number of allylic oxidation sites excluding steroid dienone is 2. The van der Waals surface area contributed by atoms with Crippen molar-refractivity contribution in [2.75, 3.05) is 0 Å². The minimum atomic E-state index is -0.121. The van der Waals surface area contributed by atoms with E-state index in [0.717, 1.165) is 6.42 Å². The lowest BCUT2D eigenvalue weighted by Crippen LogP contribution is -2.18. The van der Waals surface area contributed by atoms with Crippen molar-refractivity contribution >= 4 is 0 Å². The first kappa shape index (κ1) is 7.80. The molecule has 0 saturated heterocycles.